The second kappa shape index (κ2) is 5.49. The summed E-state index contributed by atoms with van der Waals surface area (Å²) >= 11 is 7.59. The normalized spacial score (nSPS) is 10.5. The topological polar surface area (TPSA) is 48.1 Å². The molecule has 0 aliphatic carbocycles. The smallest absolute Gasteiger partial charge is 0.125 e. The van der Waals surface area contributed by atoms with Gasteiger partial charge in [0.05, 0.1) is 12.8 Å². The van der Waals surface area contributed by atoms with Gasteiger partial charge in [-0.05, 0) is 18.7 Å². The van der Waals surface area contributed by atoms with Crippen LogP contribution in [0.5, 0.6) is 5.75 Å². The van der Waals surface area contributed by atoms with Gasteiger partial charge in [-0.15, -0.1) is 11.3 Å². The Hall–Kier alpha value is -1.10. The molecule has 0 radical (unpaired) electrons. The van der Waals surface area contributed by atoms with Crippen molar-refractivity contribution in [3.8, 4) is 16.3 Å². The molecule has 3 nitrogen and oxygen atoms in total. The Bertz CT molecular complexity index is 513. The number of thiazole rings is 1. The van der Waals surface area contributed by atoms with Crippen molar-refractivity contribution in [2.45, 2.75) is 6.42 Å². The van der Waals surface area contributed by atoms with Crippen LogP contribution in [-0.4, -0.2) is 18.6 Å². The average Bonchev–Trinajstić information content (AvgIpc) is 2.72. The molecule has 5 heteroatoms. The molecule has 90 valence electrons. The molecule has 2 rings (SSSR count). The predicted octanol–water partition coefficient (Wildman–Crippen LogP) is 2.97. The highest BCUT2D eigenvalue weighted by Gasteiger charge is 2.10. The van der Waals surface area contributed by atoms with Gasteiger partial charge >= 0.3 is 0 Å². The maximum Gasteiger partial charge on any atom is 0.125 e. The van der Waals surface area contributed by atoms with Crippen molar-refractivity contribution in [2.75, 3.05) is 13.7 Å². The highest BCUT2D eigenvalue weighted by molar-refractivity contribution is 7.19. The van der Waals surface area contributed by atoms with Crippen LogP contribution in [0, 0.1) is 0 Å². The van der Waals surface area contributed by atoms with E-state index in [-0.39, 0.29) is 0 Å². The summed E-state index contributed by atoms with van der Waals surface area (Å²) < 4.78 is 5.90. The third-order valence-corrected chi connectivity index (χ3v) is 3.73. The van der Waals surface area contributed by atoms with Crippen LogP contribution in [0.2, 0.25) is 4.34 Å². The van der Waals surface area contributed by atoms with Gasteiger partial charge in [-0.2, -0.15) is 0 Å². The molecule has 0 unspecified atom stereocenters. The molecule has 1 aromatic heterocycles. The number of rotatable bonds is 4. The summed E-state index contributed by atoms with van der Waals surface area (Å²) in [5, 5.41) is 0.900. The lowest BCUT2D eigenvalue weighted by molar-refractivity contribution is 0.415. The van der Waals surface area contributed by atoms with Gasteiger partial charge in [0.25, 0.3) is 0 Å². The van der Waals surface area contributed by atoms with Gasteiger partial charge in [0.2, 0.25) is 0 Å². The second-order valence-corrected chi connectivity index (χ2v) is 5.11. The summed E-state index contributed by atoms with van der Waals surface area (Å²) in [5.74, 6) is 0.814. The van der Waals surface area contributed by atoms with Crippen LogP contribution < -0.4 is 10.5 Å². The highest BCUT2D eigenvalue weighted by Crippen LogP contribution is 2.33. The number of hydrogen-bond donors (Lipinski definition) is 1. The maximum atomic E-state index is 6.12. The first-order valence-corrected chi connectivity index (χ1v) is 6.43. The maximum absolute atomic E-state index is 6.12. The molecule has 0 saturated carbocycles. The minimum absolute atomic E-state index is 0.557. The number of halogens is 1. The molecule has 0 aliphatic rings. The van der Waals surface area contributed by atoms with E-state index in [2.05, 4.69) is 4.98 Å². The zero-order valence-corrected chi connectivity index (χ0v) is 11.0. The Morgan fingerprint density at radius 3 is 3.00 bits per heavy atom. The molecule has 2 aromatic rings. The Kier molecular flexibility index (Phi) is 3.99. The lowest BCUT2D eigenvalue weighted by atomic mass is 10.2. The van der Waals surface area contributed by atoms with Crippen molar-refractivity contribution >= 4 is 22.9 Å². The van der Waals surface area contributed by atoms with Gasteiger partial charge in [0.1, 0.15) is 15.1 Å². The third kappa shape index (κ3) is 2.77. The number of nitrogens with two attached hydrogens (primary N) is 1. The van der Waals surface area contributed by atoms with Crippen LogP contribution in [0.1, 0.15) is 5.69 Å². The van der Waals surface area contributed by atoms with E-state index in [4.69, 9.17) is 22.1 Å². The summed E-state index contributed by atoms with van der Waals surface area (Å²) in [6.45, 7) is 0.557. The van der Waals surface area contributed by atoms with E-state index in [1.54, 1.807) is 7.11 Å². The van der Waals surface area contributed by atoms with Crippen LogP contribution >= 0.6 is 22.9 Å². The van der Waals surface area contributed by atoms with Gasteiger partial charge < -0.3 is 10.5 Å². The SMILES string of the molecule is COc1cccc(-c2nc(CCN)c(Cl)s2)c1. The summed E-state index contributed by atoms with van der Waals surface area (Å²) in [6.07, 6.45) is 0.708. The molecule has 0 atom stereocenters. The Balaban J connectivity index is 2.35. The zero-order chi connectivity index (χ0) is 12.3. The van der Waals surface area contributed by atoms with Gasteiger partial charge in [-0.1, -0.05) is 23.7 Å². The minimum atomic E-state index is 0.557. The van der Waals surface area contributed by atoms with Gasteiger partial charge in [0.15, 0.2) is 0 Å². The van der Waals surface area contributed by atoms with Crippen molar-refractivity contribution < 1.29 is 4.74 Å². The van der Waals surface area contributed by atoms with Crippen LogP contribution in [-0.2, 0) is 6.42 Å². The summed E-state index contributed by atoms with van der Waals surface area (Å²) in [4.78, 5) is 4.50. The predicted molar refractivity (Wildman–Crippen MR) is 71.9 cm³/mol. The van der Waals surface area contributed by atoms with E-state index in [1.807, 2.05) is 24.3 Å². The van der Waals surface area contributed by atoms with E-state index in [9.17, 15) is 0 Å². The van der Waals surface area contributed by atoms with Crippen LogP contribution in [0.3, 0.4) is 0 Å². The Morgan fingerprint density at radius 1 is 1.47 bits per heavy atom. The van der Waals surface area contributed by atoms with Crippen molar-refractivity contribution in [1.29, 1.82) is 0 Å². The fraction of sp³-hybridized carbons (Fsp3) is 0.250. The molecule has 0 bridgehead atoms. The Morgan fingerprint density at radius 2 is 2.29 bits per heavy atom. The molecule has 1 heterocycles. The van der Waals surface area contributed by atoms with Crippen LogP contribution in [0.15, 0.2) is 24.3 Å². The number of benzene rings is 1. The molecular weight excluding hydrogens is 256 g/mol. The van der Waals surface area contributed by atoms with Crippen molar-refractivity contribution in [2.24, 2.45) is 5.73 Å². The quantitative estimate of drug-likeness (QED) is 0.927. The molecule has 0 aliphatic heterocycles. The molecule has 0 amide bonds. The van der Waals surface area contributed by atoms with Crippen LogP contribution in [0.4, 0.5) is 0 Å². The van der Waals surface area contributed by atoms with E-state index in [0.717, 1.165) is 22.0 Å². The van der Waals surface area contributed by atoms with E-state index < -0.39 is 0 Å². The first-order valence-electron chi connectivity index (χ1n) is 5.24. The molecule has 17 heavy (non-hydrogen) atoms. The molecule has 0 fully saturated rings. The Labute approximate surface area is 109 Å². The molecule has 0 saturated heterocycles. The largest absolute Gasteiger partial charge is 0.497 e. The van der Waals surface area contributed by atoms with Crippen molar-refractivity contribution in [1.82, 2.24) is 4.98 Å². The fourth-order valence-corrected chi connectivity index (χ4v) is 2.70. The zero-order valence-electron chi connectivity index (χ0n) is 9.44. The number of methoxy groups -OCH3 is 1. The van der Waals surface area contributed by atoms with E-state index in [1.165, 1.54) is 11.3 Å². The van der Waals surface area contributed by atoms with E-state index >= 15 is 0 Å². The first kappa shape index (κ1) is 12.4. The number of hydrogen-bond acceptors (Lipinski definition) is 4. The number of nitrogens with zero attached hydrogens (tertiary/aromatic N) is 1. The van der Waals surface area contributed by atoms with E-state index in [0.29, 0.717) is 17.3 Å². The summed E-state index contributed by atoms with van der Waals surface area (Å²) in [6, 6.07) is 7.77. The van der Waals surface area contributed by atoms with Crippen LogP contribution in [0.25, 0.3) is 10.6 Å². The minimum Gasteiger partial charge on any atom is -0.497 e. The second-order valence-electron chi connectivity index (χ2n) is 3.51. The standard InChI is InChI=1S/C12H13ClN2OS/c1-16-9-4-2-3-8(7-9)12-15-10(5-6-14)11(13)17-12/h2-4,7H,5-6,14H2,1H3. The number of ether oxygens (including phenoxy) is 1. The lowest BCUT2D eigenvalue weighted by Crippen LogP contribution is -2.03. The van der Waals surface area contributed by atoms with Gasteiger partial charge in [-0.25, -0.2) is 4.98 Å². The summed E-state index contributed by atoms with van der Waals surface area (Å²) in [5.41, 5.74) is 7.39. The number of aromatic nitrogens is 1. The first-order chi connectivity index (χ1) is 8.24. The van der Waals surface area contributed by atoms with Crippen molar-refractivity contribution in [3.05, 3.63) is 34.3 Å². The average molecular weight is 269 g/mol. The highest BCUT2D eigenvalue weighted by atomic mass is 35.5. The molecule has 0 spiro atoms. The fourth-order valence-electron chi connectivity index (χ4n) is 1.50. The monoisotopic (exact) mass is 268 g/mol. The molecular formula is C12H13ClN2OS. The third-order valence-electron chi connectivity index (χ3n) is 2.35. The van der Waals surface area contributed by atoms with Crippen molar-refractivity contribution in [3.63, 3.8) is 0 Å². The van der Waals surface area contributed by atoms with Gasteiger partial charge in [0, 0.05) is 12.0 Å². The molecule has 1 aromatic carbocycles. The lowest BCUT2D eigenvalue weighted by Gasteiger charge is -2.01. The van der Waals surface area contributed by atoms with Gasteiger partial charge in [-0.3, -0.25) is 0 Å². The summed E-state index contributed by atoms with van der Waals surface area (Å²) in [7, 11) is 1.65. The molecule has 2 N–H and O–H groups in total.